The van der Waals surface area contributed by atoms with Gasteiger partial charge < -0.3 is 27.3 Å². The van der Waals surface area contributed by atoms with E-state index in [0.29, 0.717) is 37.3 Å². The standard InChI is InChI=1S/C15H23N5O/c1-11(16)7-9-20(10-8-15(18)19-21)14-6-4-3-5-13(14)12(2)17/h3-6,21H,1-2,7-10,16-17H2,(H2,18,19). The Morgan fingerprint density at radius 1 is 1.10 bits per heavy atom. The third-order valence-corrected chi connectivity index (χ3v) is 3.06. The van der Waals surface area contributed by atoms with Crippen molar-refractivity contribution in [2.24, 2.45) is 22.4 Å². The second kappa shape index (κ2) is 7.84. The zero-order valence-electron chi connectivity index (χ0n) is 12.1. The van der Waals surface area contributed by atoms with Crippen LogP contribution in [0.3, 0.4) is 0 Å². The smallest absolute Gasteiger partial charge is 0.140 e. The summed E-state index contributed by atoms with van der Waals surface area (Å²) >= 11 is 0. The molecule has 6 nitrogen and oxygen atoms in total. The van der Waals surface area contributed by atoms with Gasteiger partial charge in [0.05, 0.1) is 0 Å². The highest BCUT2D eigenvalue weighted by Crippen LogP contribution is 2.24. The summed E-state index contributed by atoms with van der Waals surface area (Å²) in [7, 11) is 0. The van der Waals surface area contributed by atoms with Crippen LogP contribution in [0.2, 0.25) is 0 Å². The predicted molar refractivity (Wildman–Crippen MR) is 87.8 cm³/mol. The summed E-state index contributed by atoms with van der Waals surface area (Å²) < 4.78 is 0. The maximum Gasteiger partial charge on any atom is 0.140 e. The third kappa shape index (κ3) is 5.10. The Kier molecular flexibility index (Phi) is 6.13. The molecule has 0 unspecified atom stereocenters. The molecule has 0 fully saturated rings. The number of benzene rings is 1. The maximum atomic E-state index is 8.66. The van der Waals surface area contributed by atoms with Crippen molar-refractivity contribution >= 4 is 17.2 Å². The average molecular weight is 289 g/mol. The van der Waals surface area contributed by atoms with Crippen molar-refractivity contribution in [3.05, 3.63) is 48.7 Å². The van der Waals surface area contributed by atoms with Crippen LogP contribution in [0, 0.1) is 0 Å². The van der Waals surface area contributed by atoms with Gasteiger partial charge in [0.25, 0.3) is 0 Å². The number of nitrogens with two attached hydrogens (primary N) is 3. The third-order valence-electron chi connectivity index (χ3n) is 3.06. The fourth-order valence-corrected chi connectivity index (χ4v) is 1.95. The highest BCUT2D eigenvalue weighted by molar-refractivity contribution is 5.80. The number of anilines is 1. The van der Waals surface area contributed by atoms with Gasteiger partial charge in [0, 0.05) is 48.6 Å². The van der Waals surface area contributed by atoms with Crippen molar-refractivity contribution in [3.8, 4) is 0 Å². The number of oxime groups is 1. The van der Waals surface area contributed by atoms with E-state index in [4.69, 9.17) is 22.4 Å². The van der Waals surface area contributed by atoms with Gasteiger partial charge in [-0.25, -0.2) is 0 Å². The van der Waals surface area contributed by atoms with Crippen LogP contribution < -0.4 is 22.1 Å². The van der Waals surface area contributed by atoms with Crippen LogP contribution in [-0.2, 0) is 0 Å². The lowest BCUT2D eigenvalue weighted by Gasteiger charge is -2.27. The fraction of sp³-hybridized carbons (Fsp3) is 0.267. The molecule has 1 aromatic carbocycles. The van der Waals surface area contributed by atoms with Gasteiger partial charge in [-0.3, -0.25) is 0 Å². The van der Waals surface area contributed by atoms with Crippen molar-refractivity contribution in [3.63, 3.8) is 0 Å². The number of para-hydroxylation sites is 1. The van der Waals surface area contributed by atoms with Gasteiger partial charge in [0.2, 0.25) is 0 Å². The van der Waals surface area contributed by atoms with Gasteiger partial charge in [0.15, 0.2) is 0 Å². The summed E-state index contributed by atoms with van der Waals surface area (Å²) in [6.07, 6.45) is 1.07. The molecule has 1 rings (SSSR count). The minimum absolute atomic E-state index is 0.177. The zero-order chi connectivity index (χ0) is 15.8. The molecule has 0 atom stereocenters. The molecule has 6 heteroatoms. The Balaban J connectivity index is 2.99. The first-order valence-electron chi connectivity index (χ1n) is 6.64. The molecule has 21 heavy (non-hydrogen) atoms. The van der Waals surface area contributed by atoms with Gasteiger partial charge in [-0.05, 0) is 6.07 Å². The molecule has 0 saturated carbocycles. The molecule has 0 heterocycles. The van der Waals surface area contributed by atoms with E-state index in [2.05, 4.69) is 23.2 Å². The zero-order valence-corrected chi connectivity index (χ0v) is 12.1. The molecule has 0 spiro atoms. The van der Waals surface area contributed by atoms with Crippen LogP contribution in [0.25, 0.3) is 5.70 Å². The highest BCUT2D eigenvalue weighted by Gasteiger charge is 2.12. The Morgan fingerprint density at radius 2 is 1.71 bits per heavy atom. The minimum atomic E-state index is 0.177. The van der Waals surface area contributed by atoms with Crippen LogP contribution in [0.4, 0.5) is 5.69 Å². The largest absolute Gasteiger partial charge is 0.409 e. The van der Waals surface area contributed by atoms with Crippen LogP contribution in [0.5, 0.6) is 0 Å². The second-order valence-electron chi connectivity index (χ2n) is 4.78. The van der Waals surface area contributed by atoms with Crippen LogP contribution in [0.15, 0.2) is 48.3 Å². The summed E-state index contributed by atoms with van der Waals surface area (Å²) in [5.74, 6) is 0.177. The van der Waals surface area contributed by atoms with Gasteiger partial charge in [-0.1, -0.05) is 36.5 Å². The van der Waals surface area contributed by atoms with Crippen LogP contribution in [0.1, 0.15) is 18.4 Å². The van der Waals surface area contributed by atoms with E-state index < -0.39 is 0 Å². The number of nitrogens with zero attached hydrogens (tertiary/aromatic N) is 2. The van der Waals surface area contributed by atoms with E-state index in [1.54, 1.807) is 0 Å². The molecule has 0 aliphatic carbocycles. The first-order valence-corrected chi connectivity index (χ1v) is 6.64. The maximum absolute atomic E-state index is 8.66. The van der Waals surface area contributed by atoms with E-state index >= 15 is 0 Å². The molecule has 0 aliphatic rings. The number of hydrogen-bond donors (Lipinski definition) is 4. The van der Waals surface area contributed by atoms with Crippen molar-refractivity contribution in [2.45, 2.75) is 12.8 Å². The van der Waals surface area contributed by atoms with E-state index in [0.717, 1.165) is 11.3 Å². The highest BCUT2D eigenvalue weighted by atomic mass is 16.4. The number of amidine groups is 1. The quantitative estimate of drug-likeness (QED) is 0.250. The van der Waals surface area contributed by atoms with Gasteiger partial charge >= 0.3 is 0 Å². The van der Waals surface area contributed by atoms with Crippen LogP contribution >= 0.6 is 0 Å². The Labute approximate surface area is 125 Å². The molecule has 0 amide bonds. The summed E-state index contributed by atoms with van der Waals surface area (Å²) in [6, 6.07) is 7.69. The van der Waals surface area contributed by atoms with Gasteiger partial charge in [-0.15, -0.1) is 0 Å². The topological polar surface area (TPSA) is 114 Å². The lowest BCUT2D eigenvalue weighted by Crippen LogP contribution is -2.30. The molecule has 0 aromatic heterocycles. The van der Waals surface area contributed by atoms with Crippen molar-refractivity contribution in [1.29, 1.82) is 0 Å². The minimum Gasteiger partial charge on any atom is -0.409 e. The van der Waals surface area contributed by atoms with Gasteiger partial charge in [-0.2, -0.15) is 0 Å². The van der Waals surface area contributed by atoms with Gasteiger partial charge in [0.1, 0.15) is 5.84 Å². The summed E-state index contributed by atoms with van der Waals surface area (Å²) in [5, 5.41) is 11.6. The molecule has 0 saturated heterocycles. The summed E-state index contributed by atoms with van der Waals surface area (Å²) in [4.78, 5) is 2.07. The Bertz CT molecular complexity index is 539. The molecular weight excluding hydrogens is 266 g/mol. The molecule has 0 aliphatic heterocycles. The lowest BCUT2D eigenvalue weighted by molar-refractivity contribution is 0.317. The number of hydrogen-bond acceptors (Lipinski definition) is 5. The lowest BCUT2D eigenvalue weighted by atomic mass is 10.1. The first-order chi connectivity index (χ1) is 9.95. The van der Waals surface area contributed by atoms with E-state index in [1.807, 2.05) is 24.3 Å². The van der Waals surface area contributed by atoms with E-state index in [9.17, 15) is 0 Å². The molecule has 0 bridgehead atoms. The molecular formula is C15H23N5O. The second-order valence-corrected chi connectivity index (χ2v) is 4.78. The van der Waals surface area contributed by atoms with Crippen LogP contribution in [-0.4, -0.2) is 24.1 Å². The SMILES string of the molecule is C=C(N)CCN(CCC(N)=NO)c1ccccc1C(=C)N. The van der Waals surface area contributed by atoms with E-state index in [-0.39, 0.29) is 5.84 Å². The fourth-order valence-electron chi connectivity index (χ4n) is 1.95. The predicted octanol–water partition coefficient (Wildman–Crippen LogP) is 1.42. The Morgan fingerprint density at radius 3 is 2.29 bits per heavy atom. The normalized spacial score (nSPS) is 11.1. The van der Waals surface area contributed by atoms with Crippen molar-refractivity contribution in [2.75, 3.05) is 18.0 Å². The van der Waals surface area contributed by atoms with Crippen molar-refractivity contribution < 1.29 is 5.21 Å². The van der Waals surface area contributed by atoms with Crippen molar-refractivity contribution in [1.82, 2.24) is 0 Å². The molecule has 1 aromatic rings. The number of rotatable bonds is 8. The Hall–Kier alpha value is -2.63. The van der Waals surface area contributed by atoms with E-state index in [1.165, 1.54) is 0 Å². The first kappa shape index (κ1) is 16.4. The summed E-state index contributed by atoms with van der Waals surface area (Å²) in [5.41, 5.74) is 19.9. The molecule has 0 radical (unpaired) electrons. The molecule has 7 N–H and O–H groups in total. The molecule has 114 valence electrons. The average Bonchev–Trinajstić information content (AvgIpc) is 2.46. The monoisotopic (exact) mass is 289 g/mol. The summed E-state index contributed by atoms with van der Waals surface area (Å²) in [6.45, 7) is 8.75.